The number of amides is 1. The maximum absolute atomic E-state index is 12.5. The summed E-state index contributed by atoms with van der Waals surface area (Å²) in [5.41, 5.74) is 0.690. The van der Waals surface area contributed by atoms with Crippen molar-refractivity contribution in [2.45, 2.75) is 31.7 Å². The molecular weight excluding hydrogens is 257 g/mol. The van der Waals surface area contributed by atoms with Gasteiger partial charge in [0.15, 0.2) is 0 Å². The minimum Gasteiger partial charge on any atom is -0.316 e. The van der Waals surface area contributed by atoms with Gasteiger partial charge in [0.1, 0.15) is 12.6 Å². The molecule has 0 spiro atoms. The number of benzene rings is 1. The van der Waals surface area contributed by atoms with Crippen molar-refractivity contribution in [2.24, 2.45) is 0 Å². The zero-order valence-corrected chi connectivity index (χ0v) is 10.4. The first-order chi connectivity index (χ1) is 8.92. The summed E-state index contributed by atoms with van der Waals surface area (Å²) in [4.78, 5) is 13.0. The average Bonchev–Trinajstić information content (AvgIpc) is 2.66. The van der Waals surface area contributed by atoms with Crippen molar-refractivity contribution in [3.8, 4) is 0 Å². The first-order valence-electron chi connectivity index (χ1n) is 6.10. The van der Waals surface area contributed by atoms with Crippen molar-refractivity contribution in [3.63, 3.8) is 0 Å². The first kappa shape index (κ1) is 13.9. The number of nitrogens with zero attached hydrogens (tertiary/aromatic N) is 1. The molecule has 2 rings (SSSR count). The quantitative estimate of drug-likeness (QED) is 0.916. The van der Waals surface area contributed by atoms with Crippen LogP contribution >= 0.6 is 0 Å². The van der Waals surface area contributed by atoms with E-state index in [-0.39, 0.29) is 0 Å². The van der Waals surface area contributed by atoms with Gasteiger partial charge in [0, 0.05) is 0 Å². The van der Waals surface area contributed by atoms with Gasteiger partial charge in [0.25, 0.3) is 0 Å². The van der Waals surface area contributed by atoms with E-state index < -0.39 is 30.8 Å². The molecule has 2 unspecified atom stereocenters. The molecule has 0 saturated carbocycles. The standard InChI is InChI=1S/C13H15F3N2O/c1-2-10-17-11(9-6-4-3-5-7-9)12(19)18(10)8-13(14,15)16/h3-7,10-11,17H,2,8H2,1H3. The van der Waals surface area contributed by atoms with E-state index in [0.717, 1.165) is 4.90 Å². The van der Waals surface area contributed by atoms with Crippen molar-refractivity contribution >= 4 is 5.91 Å². The lowest BCUT2D eigenvalue weighted by Gasteiger charge is -2.23. The molecular formula is C13H15F3N2O. The van der Waals surface area contributed by atoms with E-state index in [2.05, 4.69) is 5.32 Å². The fourth-order valence-electron chi connectivity index (χ4n) is 2.28. The number of rotatable bonds is 3. The summed E-state index contributed by atoms with van der Waals surface area (Å²) in [6.07, 6.45) is -4.51. The molecule has 1 heterocycles. The van der Waals surface area contributed by atoms with E-state index in [4.69, 9.17) is 0 Å². The molecule has 0 aliphatic carbocycles. The Kier molecular flexibility index (Phi) is 3.80. The van der Waals surface area contributed by atoms with E-state index in [9.17, 15) is 18.0 Å². The van der Waals surface area contributed by atoms with Gasteiger partial charge in [0.2, 0.25) is 5.91 Å². The highest BCUT2D eigenvalue weighted by atomic mass is 19.4. The highest BCUT2D eigenvalue weighted by Crippen LogP contribution is 2.28. The zero-order valence-electron chi connectivity index (χ0n) is 10.4. The maximum atomic E-state index is 12.5. The van der Waals surface area contributed by atoms with Crippen molar-refractivity contribution in [1.82, 2.24) is 10.2 Å². The molecule has 1 saturated heterocycles. The molecule has 0 bridgehead atoms. The minimum absolute atomic E-state index is 0.436. The Hall–Kier alpha value is -1.56. The molecule has 1 aliphatic rings. The smallest absolute Gasteiger partial charge is 0.316 e. The third-order valence-electron chi connectivity index (χ3n) is 3.13. The minimum atomic E-state index is -4.38. The molecule has 1 N–H and O–H groups in total. The number of hydrogen-bond acceptors (Lipinski definition) is 2. The molecule has 1 aliphatic heterocycles. The molecule has 104 valence electrons. The number of hydrogen-bond donors (Lipinski definition) is 1. The van der Waals surface area contributed by atoms with E-state index in [1.54, 1.807) is 37.3 Å². The van der Waals surface area contributed by atoms with E-state index in [1.165, 1.54) is 0 Å². The third kappa shape index (κ3) is 3.07. The maximum Gasteiger partial charge on any atom is 0.406 e. The summed E-state index contributed by atoms with van der Waals surface area (Å²) in [6.45, 7) is 0.544. The van der Waals surface area contributed by atoms with Crippen LogP contribution in [0.4, 0.5) is 13.2 Å². The van der Waals surface area contributed by atoms with Crippen LogP contribution in [-0.4, -0.2) is 29.7 Å². The number of halogens is 3. The molecule has 19 heavy (non-hydrogen) atoms. The lowest BCUT2D eigenvalue weighted by molar-refractivity contribution is -0.161. The second-order valence-electron chi connectivity index (χ2n) is 4.52. The van der Waals surface area contributed by atoms with Gasteiger partial charge >= 0.3 is 6.18 Å². The number of nitrogens with one attached hydrogen (secondary N) is 1. The van der Waals surface area contributed by atoms with Crippen molar-refractivity contribution in [3.05, 3.63) is 35.9 Å². The Labute approximate surface area is 109 Å². The van der Waals surface area contributed by atoms with Crippen LogP contribution in [0.2, 0.25) is 0 Å². The summed E-state index contributed by atoms with van der Waals surface area (Å²) in [7, 11) is 0. The molecule has 3 nitrogen and oxygen atoms in total. The van der Waals surface area contributed by atoms with Gasteiger partial charge < -0.3 is 4.90 Å². The highest BCUT2D eigenvalue weighted by Gasteiger charge is 2.44. The summed E-state index contributed by atoms with van der Waals surface area (Å²) < 4.78 is 37.5. The molecule has 1 aromatic carbocycles. The third-order valence-corrected chi connectivity index (χ3v) is 3.13. The van der Waals surface area contributed by atoms with Crippen molar-refractivity contribution in [2.75, 3.05) is 6.54 Å². The van der Waals surface area contributed by atoms with Gasteiger partial charge in [0.05, 0.1) is 6.17 Å². The van der Waals surface area contributed by atoms with Crippen molar-refractivity contribution in [1.29, 1.82) is 0 Å². The first-order valence-corrected chi connectivity index (χ1v) is 6.10. The topological polar surface area (TPSA) is 32.3 Å². The van der Waals surface area contributed by atoms with Crippen LogP contribution in [0.15, 0.2) is 30.3 Å². The van der Waals surface area contributed by atoms with Gasteiger partial charge in [-0.15, -0.1) is 0 Å². The van der Waals surface area contributed by atoms with Gasteiger partial charge in [-0.1, -0.05) is 37.3 Å². The molecule has 1 fully saturated rings. The number of carbonyl (C=O) groups is 1. The van der Waals surface area contributed by atoms with E-state index in [0.29, 0.717) is 12.0 Å². The fourth-order valence-corrected chi connectivity index (χ4v) is 2.28. The van der Waals surface area contributed by atoms with Crippen LogP contribution in [0.1, 0.15) is 24.9 Å². The second kappa shape index (κ2) is 5.21. The van der Waals surface area contributed by atoms with Gasteiger partial charge in [-0.2, -0.15) is 13.2 Å². The van der Waals surface area contributed by atoms with Crippen LogP contribution in [0.5, 0.6) is 0 Å². The summed E-state index contributed by atoms with van der Waals surface area (Å²) >= 11 is 0. The number of alkyl halides is 3. The SMILES string of the molecule is CCC1NC(c2ccccc2)C(=O)N1CC(F)(F)F. The normalized spacial score (nSPS) is 24.0. The Morgan fingerprint density at radius 1 is 1.26 bits per heavy atom. The molecule has 1 aromatic rings. The highest BCUT2D eigenvalue weighted by molar-refractivity contribution is 5.85. The lowest BCUT2D eigenvalue weighted by Crippen LogP contribution is -2.42. The Bertz CT molecular complexity index is 447. The average molecular weight is 272 g/mol. The fraction of sp³-hybridized carbons (Fsp3) is 0.462. The van der Waals surface area contributed by atoms with Crippen LogP contribution in [0.3, 0.4) is 0 Å². The van der Waals surface area contributed by atoms with Crippen LogP contribution in [0, 0.1) is 0 Å². The Balaban J connectivity index is 2.20. The summed E-state index contributed by atoms with van der Waals surface area (Å²) in [5, 5.41) is 2.96. The Morgan fingerprint density at radius 3 is 2.42 bits per heavy atom. The predicted molar refractivity (Wildman–Crippen MR) is 64.2 cm³/mol. The molecule has 6 heteroatoms. The summed E-state index contributed by atoms with van der Waals surface area (Å²) in [5.74, 6) is -0.518. The molecule has 0 radical (unpaired) electrons. The van der Waals surface area contributed by atoms with Gasteiger partial charge in [-0.25, -0.2) is 0 Å². The zero-order chi connectivity index (χ0) is 14.0. The number of carbonyl (C=O) groups excluding carboxylic acids is 1. The summed E-state index contributed by atoms with van der Waals surface area (Å²) in [6, 6.07) is 8.11. The van der Waals surface area contributed by atoms with Gasteiger partial charge in [-0.3, -0.25) is 10.1 Å². The molecule has 2 atom stereocenters. The van der Waals surface area contributed by atoms with Crippen LogP contribution < -0.4 is 5.32 Å². The van der Waals surface area contributed by atoms with Gasteiger partial charge in [-0.05, 0) is 12.0 Å². The molecule has 0 aromatic heterocycles. The van der Waals surface area contributed by atoms with Crippen LogP contribution in [0.25, 0.3) is 0 Å². The molecule has 1 amide bonds. The van der Waals surface area contributed by atoms with Crippen LogP contribution in [-0.2, 0) is 4.79 Å². The van der Waals surface area contributed by atoms with E-state index in [1.807, 2.05) is 0 Å². The Morgan fingerprint density at radius 2 is 1.89 bits per heavy atom. The van der Waals surface area contributed by atoms with E-state index >= 15 is 0 Å². The largest absolute Gasteiger partial charge is 0.406 e. The second-order valence-corrected chi connectivity index (χ2v) is 4.52. The van der Waals surface area contributed by atoms with Crippen molar-refractivity contribution < 1.29 is 18.0 Å². The monoisotopic (exact) mass is 272 g/mol. The lowest BCUT2D eigenvalue weighted by atomic mass is 10.1. The predicted octanol–water partition coefficient (Wildman–Crippen LogP) is 2.46.